The zero-order valence-electron chi connectivity index (χ0n) is 10.3. The smallest absolute Gasteiger partial charge is 0.0138 e. The maximum atomic E-state index is 3.55. The number of rotatable bonds is 4. The highest BCUT2D eigenvalue weighted by Gasteiger charge is 2.55. The second-order valence-corrected chi connectivity index (χ2v) is 6.81. The summed E-state index contributed by atoms with van der Waals surface area (Å²) in [6.07, 6.45) is 5.65. The van der Waals surface area contributed by atoms with Gasteiger partial charge in [-0.1, -0.05) is 18.6 Å². The van der Waals surface area contributed by atoms with Crippen LogP contribution in [-0.2, 0) is 6.42 Å². The molecule has 2 heteroatoms. The van der Waals surface area contributed by atoms with Crippen LogP contribution in [0.2, 0.25) is 0 Å². The highest BCUT2D eigenvalue weighted by Crippen LogP contribution is 2.59. The van der Waals surface area contributed by atoms with Crippen molar-refractivity contribution in [3.8, 4) is 0 Å². The van der Waals surface area contributed by atoms with Gasteiger partial charge in [0.05, 0.1) is 0 Å². The van der Waals surface area contributed by atoms with Gasteiger partial charge in [0.25, 0.3) is 0 Å². The average Bonchev–Trinajstić information content (AvgIpc) is 2.82. The van der Waals surface area contributed by atoms with Crippen LogP contribution in [0.4, 0.5) is 0 Å². The van der Waals surface area contributed by atoms with Gasteiger partial charge in [-0.2, -0.15) is 0 Å². The Labute approximate surface area is 118 Å². The number of hydrogen-bond donors (Lipinski definition) is 1. The Hall–Kier alpha value is -0.0900. The predicted octanol–water partition coefficient (Wildman–Crippen LogP) is 3.47. The van der Waals surface area contributed by atoms with E-state index in [1.54, 1.807) is 0 Å². The Bertz CT molecular complexity index is 376. The van der Waals surface area contributed by atoms with E-state index < -0.39 is 0 Å². The van der Waals surface area contributed by atoms with Crippen molar-refractivity contribution in [2.45, 2.75) is 31.7 Å². The van der Waals surface area contributed by atoms with Crippen molar-refractivity contribution in [2.75, 3.05) is 7.05 Å². The molecular formula is C15H20IN. The fourth-order valence-electron chi connectivity index (χ4n) is 3.78. The minimum absolute atomic E-state index is 0.699. The van der Waals surface area contributed by atoms with Crippen molar-refractivity contribution in [1.82, 2.24) is 5.32 Å². The number of likely N-dealkylation sites (N-methyl/N-ethyl adjacent to an activating group) is 1. The number of fused-ring (bicyclic) bond motifs is 1. The first kappa shape index (κ1) is 12.0. The molecule has 0 aromatic heterocycles. The summed E-state index contributed by atoms with van der Waals surface area (Å²) in [5.74, 6) is 3.07. The molecule has 0 bridgehead atoms. The lowest BCUT2D eigenvalue weighted by molar-refractivity contribution is 0.428. The number of hydrogen-bond acceptors (Lipinski definition) is 1. The van der Waals surface area contributed by atoms with E-state index >= 15 is 0 Å². The molecule has 0 spiro atoms. The molecular weight excluding hydrogens is 321 g/mol. The molecule has 0 aliphatic heterocycles. The molecule has 3 unspecified atom stereocenters. The molecule has 1 aromatic rings. The molecule has 0 heterocycles. The van der Waals surface area contributed by atoms with E-state index in [1.165, 1.54) is 34.8 Å². The molecule has 0 saturated heterocycles. The van der Waals surface area contributed by atoms with Gasteiger partial charge >= 0.3 is 0 Å². The van der Waals surface area contributed by atoms with Crippen LogP contribution in [-0.4, -0.2) is 13.1 Å². The lowest BCUT2D eigenvalue weighted by Gasteiger charge is -2.18. The van der Waals surface area contributed by atoms with E-state index in [-0.39, 0.29) is 0 Å². The van der Waals surface area contributed by atoms with E-state index in [0.29, 0.717) is 6.04 Å². The van der Waals surface area contributed by atoms with Gasteiger partial charge in [-0.15, -0.1) is 0 Å². The van der Waals surface area contributed by atoms with Crippen LogP contribution < -0.4 is 5.32 Å². The van der Waals surface area contributed by atoms with Crippen LogP contribution in [0.1, 0.15) is 24.8 Å². The molecule has 17 heavy (non-hydrogen) atoms. The first-order valence-electron chi connectivity index (χ1n) is 6.71. The van der Waals surface area contributed by atoms with Gasteiger partial charge in [-0.05, 0) is 84.4 Å². The Morgan fingerprint density at radius 2 is 1.88 bits per heavy atom. The molecule has 0 amide bonds. The number of nitrogens with one attached hydrogen (secondary N) is 1. The molecule has 2 aliphatic carbocycles. The van der Waals surface area contributed by atoms with Gasteiger partial charge in [0.1, 0.15) is 0 Å². The SMILES string of the molecule is CNC(Cc1ccc(I)cc1)C1C2CCCC21. The molecule has 2 aliphatic rings. The molecule has 3 atom stereocenters. The van der Waals surface area contributed by atoms with Crippen molar-refractivity contribution >= 4 is 22.6 Å². The topological polar surface area (TPSA) is 12.0 Å². The lowest BCUT2D eigenvalue weighted by atomic mass is 9.97. The summed E-state index contributed by atoms with van der Waals surface area (Å²) in [5.41, 5.74) is 1.48. The van der Waals surface area contributed by atoms with Crippen molar-refractivity contribution in [2.24, 2.45) is 17.8 Å². The van der Waals surface area contributed by atoms with E-state index in [0.717, 1.165) is 17.8 Å². The van der Waals surface area contributed by atoms with Gasteiger partial charge in [0, 0.05) is 9.61 Å². The van der Waals surface area contributed by atoms with Gasteiger partial charge in [0.2, 0.25) is 0 Å². The Morgan fingerprint density at radius 1 is 1.24 bits per heavy atom. The first-order chi connectivity index (χ1) is 8.29. The van der Waals surface area contributed by atoms with E-state index in [4.69, 9.17) is 0 Å². The maximum absolute atomic E-state index is 3.55. The molecule has 0 radical (unpaired) electrons. The zero-order chi connectivity index (χ0) is 11.8. The van der Waals surface area contributed by atoms with E-state index in [1.807, 2.05) is 0 Å². The first-order valence-corrected chi connectivity index (χ1v) is 7.79. The molecule has 2 fully saturated rings. The fourth-order valence-corrected chi connectivity index (χ4v) is 4.14. The summed E-state index contributed by atoms with van der Waals surface area (Å²) in [6, 6.07) is 9.70. The molecule has 1 N–H and O–H groups in total. The second-order valence-electron chi connectivity index (χ2n) is 5.56. The third-order valence-electron chi connectivity index (χ3n) is 4.68. The molecule has 92 valence electrons. The van der Waals surface area contributed by atoms with Crippen LogP contribution in [0.3, 0.4) is 0 Å². The van der Waals surface area contributed by atoms with Crippen molar-refractivity contribution in [3.63, 3.8) is 0 Å². The standard InChI is InChI=1S/C15H20IN/c1-17-14(15-12-3-2-4-13(12)15)9-10-5-7-11(16)8-6-10/h5-8,12-15,17H,2-4,9H2,1H3. The molecule has 3 rings (SSSR count). The van der Waals surface area contributed by atoms with E-state index in [2.05, 4.69) is 59.2 Å². The third-order valence-corrected chi connectivity index (χ3v) is 5.40. The molecule has 2 saturated carbocycles. The number of benzene rings is 1. The van der Waals surface area contributed by atoms with Crippen LogP contribution in [0.15, 0.2) is 24.3 Å². The minimum Gasteiger partial charge on any atom is -0.316 e. The summed E-state index contributed by atoms with van der Waals surface area (Å²) >= 11 is 2.37. The Morgan fingerprint density at radius 3 is 2.47 bits per heavy atom. The largest absolute Gasteiger partial charge is 0.316 e. The van der Waals surface area contributed by atoms with Gasteiger partial charge in [-0.3, -0.25) is 0 Å². The van der Waals surface area contributed by atoms with Gasteiger partial charge in [0.15, 0.2) is 0 Å². The summed E-state index contributed by atoms with van der Waals surface area (Å²) in [6.45, 7) is 0. The van der Waals surface area contributed by atoms with E-state index in [9.17, 15) is 0 Å². The number of halogens is 1. The lowest BCUT2D eigenvalue weighted by Crippen LogP contribution is -2.31. The summed E-state index contributed by atoms with van der Waals surface area (Å²) in [4.78, 5) is 0. The third kappa shape index (κ3) is 2.39. The minimum atomic E-state index is 0.699. The zero-order valence-corrected chi connectivity index (χ0v) is 12.5. The van der Waals surface area contributed by atoms with Crippen LogP contribution in [0, 0.1) is 21.3 Å². The average molecular weight is 341 g/mol. The van der Waals surface area contributed by atoms with Crippen LogP contribution >= 0.6 is 22.6 Å². The summed E-state index contributed by atoms with van der Waals surface area (Å²) in [7, 11) is 2.13. The predicted molar refractivity (Wildman–Crippen MR) is 80.0 cm³/mol. The second kappa shape index (κ2) is 4.88. The fraction of sp³-hybridized carbons (Fsp3) is 0.600. The Kier molecular flexibility index (Phi) is 3.44. The quantitative estimate of drug-likeness (QED) is 0.827. The van der Waals surface area contributed by atoms with Crippen LogP contribution in [0.5, 0.6) is 0 Å². The summed E-state index contributed by atoms with van der Waals surface area (Å²) < 4.78 is 1.33. The monoisotopic (exact) mass is 341 g/mol. The Balaban J connectivity index is 1.64. The molecule has 1 aromatic carbocycles. The van der Waals surface area contributed by atoms with Crippen LogP contribution in [0.25, 0.3) is 0 Å². The normalized spacial score (nSPS) is 32.2. The molecule has 1 nitrogen and oxygen atoms in total. The van der Waals surface area contributed by atoms with Gasteiger partial charge < -0.3 is 5.32 Å². The summed E-state index contributed by atoms with van der Waals surface area (Å²) in [5, 5.41) is 3.55. The highest BCUT2D eigenvalue weighted by atomic mass is 127. The van der Waals surface area contributed by atoms with Gasteiger partial charge in [-0.25, -0.2) is 0 Å². The van der Waals surface area contributed by atoms with Crippen molar-refractivity contribution in [1.29, 1.82) is 0 Å². The van der Waals surface area contributed by atoms with Crippen molar-refractivity contribution in [3.05, 3.63) is 33.4 Å². The maximum Gasteiger partial charge on any atom is 0.0138 e. The van der Waals surface area contributed by atoms with Crippen molar-refractivity contribution < 1.29 is 0 Å². The highest BCUT2D eigenvalue weighted by molar-refractivity contribution is 14.1.